The molecular weight excluding hydrogens is 791 g/mol. The summed E-state index contributed by atoms with van der Waals surface area (Å²) in [5.74, 6) is -1.85. The fourth-order valence-corrected chi connectivity index (χ4v) is 7.44. The van der Waals surface area contributed by atoms with Crippen LogP contribution in [0.2, 0.25) is 0 Å². The monoisotopic (exact) mass is 819 g/mol. The van der Waals surface area contributed by atoms with Gasteiger partial charge in [-0.15, -0.1) is 0 Å². The standard InChI is InChI=1S/C20H28I3N3O8/c1-9(6-27)3-24-19(33)13-15(21)14(20(34)25-4-11(31)7-28)17(23)18(16(13)22)26(10(2)30)5-12(32)8-29/h9,11-12,27-29,31-32H,3-8H2,1-2H3,(H,24,33)(H,25,34). The Kier molecular flexibility index (Phi) is 14.0. The van der Waals surface area contributed by atoms with Crippen molar-refractivity contribution in [1.82, 2.24) is 10.6 Å². The van der Waals surface area contributed by atoms with Gasteiger partial charge >= 0.3 is 0 Å². The van der Waals surface area contributed by atoms with Gasteiger partial charge in [0.1, 0.15) is 0 Å². The van der Waals surface area contributed by atoms with Gasteiger partial charge in [0.2, 0.25) is 5.91 Å². The molecule has 0 radical (unpaired) electrons. The van der Waals surface area contributed by atoms with E-state index in [2.05, 4.69) is 10.6 Å². The van der Waals surface area contributed by atoms with Crippen molar-refractivity contribution in [2.24, 2.45) is 5.92 Å². The lowest BCUT2D eigenvalue weighted by molar-refractivity contribution is -0.117. The van der Waals surface area contributed by atoms with Gasteiger partial charge < -0.3 is 41.1 Å². The number of benzene rings is 1. The van der Waals surface area contributed by atoms with Crippen LogP contribution in [0, 0.1) is 16.6 Å². The van der Waals surface area contributed by atoms with E-state index in [-0.39, 0.29) is 49.0 Å². The zero-order valence-electron chi connectivity index (χ0n) is 18.5. The third kappa shape index (κ3) is 8.34. The van der Waals surface area contributed by atoms with Gasteiger partial charge in [0, 0.05) is 30.2 Å². The number of aliphatic hydroxyl groups excluding tert-OH is 5. The van der Waals surface area contributed by atoms with Crippen LogP contribution in [-0.2, 0) is 4.79 Å². The first-order valence-corrected chi connectivity index (χ1v) is 13.4. The number of nitrogens with zero attached hydrogens (tertiary/aromatic N) is 1. The van der Waals surface area contributed by atoms with Gasteiger partial charge in [-0.3, -0.25) is 14.4 Å². The average Bonchev–Trinajstić information content (AvgIpc) is 2.79. The molecule has 7 N–H and O–H groups in total. The van der Waals surface area contributed by atoms with Crippen LogP contribution in [0.3, 0.4) is 0 Å². The Morgan fingerprint density at radius 2 is 1.29 bits per heavy atom. The average molecular weight is 819 g/mol. The van der Waals surface area contributed by atoms with Crippen molar-refractivity contribution < 1.29 is 39.9 Å². The van der Waals surface area contributed by atoms with Gasteiger partial charge in [-0.05, 0) is 73.7 Å². The van der Waals surface area contributed by atoms with Crippen molar-refractivity contribution >= 4 is 91.2 Å². The summed E-state index contributed by atoms with van der Waals surface area (Å²) in [7, 11) is 0. The molecule has 0 saturated heterocycles. The summed E-state index contributed by atoms with van der Waals surface area (Å²) in [5.41, 5.74) is 0.418. The molecule has 3 atom stereocenters. The van der Waals surface area contributed by atoms with Crippen LogP contribution < -0.4 is 15.5 Å². The topological polar surface area (TPSA) is 180 Å². The van der Waals surface area contributed by atoms with Crippen molar-refractivity contribution in [1.29, 1.82) is 0 Å². The summed E-state index contributed by atoms with van der Waals surface area (Å²) in [5, 5.41) is 52.4. The lowest BCUT2D eigenvalue weighted by Gasteiger charge is -2.28. The van der Waals surface area contributed by atoms with Gasteiger partial charge in [-0.25, -0.2) is 0 Å². The maximum Gasteiger partial charge on any atom is 0.253 e. The number of carbonyl (C=O) groups is 3. The Labute approximate surface area is 238 Å². The molecule has 1 aromatic rings. The second-order valence-corrected chi connectivity index (χ2v) is 10.8. The molecule has 0 fully saturated rings. The molecule has 0 saturated carbocycles. The molecule has 0 aliphatic rings. The summed E-state index contributed by atoms with van der Waals surface area (Å²) in [6.45, 7) is 1.38. The highest BCUT2D eigenvalue weighted by molar-refractivity contribution is 14.1. The summed E-state index contributed by atoms with van der Waals surface area (Å²) in [6.07, 6.45) is -2.44. The van der Waals surface area contributed by atoms with Crippen molar-refractivity contribution in [3.63, 3.8) is 0 Å². The molecular formula is C20H28I3N3O8. The van der Waals surface area contributed by atoms with E-state index in [1.807, 2.05) is 67.8 Å². The molecule has 192 valence electrons. The van der Waals surface area contributed by atoms with Crippen molar-refractivity contribution in [2.75, 3.05) is 44.4 Å². The predicted octanol–water partition coefficient (Wildman–Crippen LogP) is -0.352. The number of anilines is 1. The highest BCUT2D eigenvalue weighted by Crippen LogP contribution is 2.38. The van der Waals surface area contributed by atoms with E-state index in [4.69, 9.17) is 5.11 Å². The molecule has 0 aliphatic heterocycles. The van der Waals surface area contributed by atoms with Crippen molar-refractivity contribution in [2.45, 2.75) is 26.1 Å². The van der Waals surface area contributed by atoms with Gasteiger partial charge in [-0.2, -0.15) is 0 Å². The van der Waals surface area contributed by atoms with E-state index < -0.39 is 43.1 Å². The molecule has 34 heavy (non-hydrogen) atoms. The van der Waals surface area contributed by atoms with E-state index in [0.717, 1.165) is 0 Å². The molecule has 0 aromatic heterocycles. The van der Waals surface area contributed by atoms with Gasteiger partial charge in [0.15, 0.2) is 0 Å². The Morgan fingerprint density at radius 1 is 0.824 bits per heavy atom. The summed E-state index contributed by atoms with van der Waals surface area (Å²) in [4.78, 5) is 39.9. The summed E-state index contributed by atoms with van der Waals surface area (Å²) < 4.78 is 0.974. The van der Waals surface area contributed by atoms with Crippen LogP contribution >= 0.6 is 67.8 Å². The SMILES string of the molecule is CC(=O)N(CC(O)CO)c1c(I)c(C(=O)NCC(C)CO)c(I)c(C(=O)NCC(O)CO)c1I. The van der Waals surface area contributed by atoms with E-state index in [1.54, 1.807) is 6.92 Å². The number of halogens is 3. The molecule has 3 amide bonds. The molecule has 3 unspecified atom stereocenters. The summed E-state index contributed by atoms with van der Waals surface area (Å²) in [6, 6.07) is 0. The second-order valence-electron chi connectivity index (χ2n) is 7.55. The first-order chi connectivity index (χ1) is 15.9. The Hall–Kier alpha value is -0.380. The van der Waals surface area contributed by atoms with Gasteiger partial charge in [0.05, 0.1) is 55.9 Å². The highest BCUT2D eigenvalue weighted by atomic mass is 127. The number of rotatable bonds is 12. The van der Waals surface area contributed by atoms with Crippen LogP contribution in [0.1, 0.15) is 34.6 Å². The third-order valence-corrected chi connectivity index (χ3v) is 7.81. The number of hydrogen-bond acceptors (Lipinski definition) is 8. The molecule has 0 heterocycles. The van der Waals surface area contributed by atoms with Crippen LogP contribution in [0.4, 0.5) is 5.69 Å². The van der Waals surface area contributed by atoms with E-state index >= 15 is 0 Å². The Morgan fingerprint density at radius 3 is 1.71 bits per heavy atom. The second kappa shape index (κ2) is 15.0. The molecule has 1 aromatic carbocycles. The van der Waals surface area contributed by atoms with Gasteiger partial charge in [-0.1, -0.05) is 6.92 Å². The minimum absolute atomic E-state index is 0.0758. The maximum absolute atomic E-state index is 13.1. The zero-order valence-corrected chi connectivity index (χ0v) is 25.0. The predicted molar refractivity (Wildman–Crippen MR) is 150 cm³/mol. The lowest BCUT2D eigenvalue weighted by atomic mass is 10.1. The number of hydrogen-bond donors (Lipinski definition) is 7. The van der Waals surface area contributed by atoms with Crippen LogP contribution in [0.5, 0.6) is 0 Å². The maximum atomic E-state index is 13.1. The number of aliphatic hydroxyl groups is 5. The highest BCUT2D eigenvalue weighted by Gasteiger charge is 2.32. The third-order valence-electron chi connectivity index (χ3n) is 4.63. The normalized spacial score (nSPS) is 13.7. The first-order valence-electron chi connectivity index (χ1n) is 10.1. The fourth-order valence-electron chi connectivity index (χ4n) is 2.72. The molecule has 0 bridgehead atoms. The van der Waals surface area contributed by atoms with Crippen molar-refractivity contribution in [3.8, 4) is 0 Å². The first kappa shape index (κ1) is 31.6. The number of nitrogens with one attached hydrogen (secondary N) is 2. The minimum atomic E-state index is -1.26. The van der Waals surface area contributed by atoms with Crippen LogP contribution in [0.15, 0.2) is 0 Å². The minimum Gasteiger partial charge on any atom is -0.396 e. The number of carbonyl (C=O) groups excluding carboxylic acids is 3. The van der Waals surface area contributed by atoms with Crippen molar-refractivity contribution in [3.05, 3.63) is 21.8 Å². The molecule has 1 rings (SSSR count). The molecule has 14 heteroatoms. The van der Waals surface area contributed by atoms with E-state index in [9.17, 15) is 34.8 Å². The lowest BCUT2D eigenvalue weighted by Crippen LogP contribution is -2.40. The largest absolute Gasteiger partial charge is 0.396 e. The van der Waals surface area contributed by atoms with Crippen LogP contribution in [-0.4, -0.2) is 94.9 Å². The molecule has 0 aliphatic carbocycles. The van der Waals surface area contributed by atoms with E-state index in [1.165, 1.54) is 11.8 Å². The Bertz CT molecular complexity index is 849. The Balaban J connectivity index is 3.73. The number of amides is 3. The quantitative estimate of drug-likeness (QED) is 0.140. The fraction of sp³-hybridized carbons (Fsp3) is 0.550. The molecule has 11 nitrogen and oxygen atoms in total. The van der Waals surface area contributed by atoms with Crippen LogP contribution in [0.25, 0.3) is 0 Å². The summed E-state index contributed by atoms with van der Waals surface area (Å²) >= 11 is 5.63. The van der Waals surface area contributed by atoms with Gasteiger partial charge in [0.25, 0.3) is 11.8 Å². The zero-order chi connectivity index (χ0) is 26.2. The smallest absolute Gasteiger partial charge is 0.253 e. The van der Waals surface area contributed by atoms with E-state index in [0.29, 0.717) is 10.7 Å². The molecule has 0 spiro atoms.